The van der Waals surface area contributed by atoms with Gasteiger partial charge in [0.2, 0.25) is 5.95 Å². The number of aliphatic imine (C=N–C) groups is 1. The molecule has 34 heavy (non-hydrogen) atoms. The lowest BCUT2D eigenvalue weighted by atomic mass is 10.1. The van der Waals surface area contributed by atoms with Crippen molar-refractivity contribution in [2.75, 3.05) is 38.2 Å². The number of rotatable bonds is 4. The van der Waals surface area contributed by atoms with Crippen molar-refractivity contribution in [3.05, 3.63) is 42.0 Å². The van der Waals surface area contributed by atoms with Crippen molar-refractivity contribution in [2.24, 2.45) is 10.7 Å². The zero-order valence-electron chi connectivity index (χ0n) is 18.7. The van der Waals surface area contributed by atoms with Gasteiger partial charge in [0, 0.05) is 37.2 Å². The van der Waals surface area contributed by atoms with E-state index in [1.165, 1.54) is 0 Å². The second-order valence-corrected chi connectivity index (χ2v) is 8.57. The van der Waals surface area contributed by atoms with E-state index in [9.17, 15) is 4.79 Å². The number of aromatic nitrogens is 2. The first-order chi connectivity index (χ1) is 16.7. The van der Waals surface area contributed by atoms with Gasteiger partial charge in [0.05, 0.1) is 24.2 Å². The van der Waals surface area contributed by atoms with Gasteiger partial charge < -0.3 is 24.8 Å². The number of likely N-dealkylation sites (tertiary alicyclic amines) is 1. The van der Waals surface area contributed by atoms with Gasteiger partial charge in [-0.05, 0) is 18.9 Å². The first kappa shape index (κ1) is 20.6. The van der Waals surface area contributed by atoms with Gasteiger partial charge in [-0.1, -0.05) is 18.2 Å². The highest BCUT2D eigenvalue weighted by Gasteiger charge is 2.29. The SMILES string of the molecule is NC1=NC(c2ccccc2OCC(=O)N2CCCC2)n2c(nc3cc4c(cc32)OCCCO4)N1. The summed E-state index contributed by atoms with van der Waals surface area (Å²) < 4.78 is 19.7. The van der Waals surface area contributed by atoms with Crippen molar-refractivity contribution in [1.29, 1.82) is 0 Å². The number of nitrogens with one attached hydrogen (secondary N) is 1. The van der Waals surface area contributed by atoms with E-state index in [-0.39, 0.29) is 18.5 Å². The molecular formula is C24H26N6O4. The van der Waals surface area contributed by atoms with Crippen LogP contribution >= 0.6 is 0 Å². The Morgan fingerprint density at radius 1 is 1.12 bits per heavy atom. The number of carbonyl (C=O) groups is 1. The predicted octanol–water partition coefficient (Wildman–Crippen LogP) is 2.49. The molecule has 2 aromatic carbocycles. The number of hydrogen-bond donors (Lipinski definition) is 2. The first-order valence-corrected chi connectivity index (χ1v) is 11.6. The molecule has 4 heterocycles. The van der Waals surface area contributed by atoms with E-state index in [2.05, 4.69) is 10.3 Å². The Kier molecular flexibility index (Phi) is 5.12. The van der Waals surface area contributed by atoms with Gasteiger partial charge in [0.25, 0.3) is 5.91 Å². The number of benzene rings is 2. The number of nitrogens with zero attached hydrogens (tertiary/aromatic N) is 4. The van der Waals surface area contributed by atoms with Crippen molar-refractivity contribution >= 4 is 28.8 Å². The molecule has 0 radical (unpaired) electrons. The van der Waals surface area contributed by atoms with Gasteiger partial charge >= 0.3 is 0 Å². The third-order valence-electron chi connectivity index (χ3n) is 6.31. The maximum absolute atomic E-state index is 12.6. The topological polar surface area (TPSA) is 116 Å². The van der Waals surface area contributed by atoms with Crippen LogP contribution in [0.5, 0.6) is 17.2 Å². The molecule has 3 N–H and O–H groups in total. The molecule has 10 heteroatoms. The minimum absolute atomic E-state index is 0.00533. The van der Waals surface area contributed by atoms with E-state index >= 15 is 0 Å². The molecule has 176 valence electrons. The zero-order chi connectivity index (χ0) is 23.1. The Morgan fingerprint density at radius 3 is 2.71 bits per heavy atom. The van der Waals surface area contributed by atoms with Gasteiger partial charge in [-0.15, -0.1) is 0 Å². The van der Waals surface area contributed by atoms with Gasteiger partial charge in [0.15, 0.2) is 30.2 Å². The Labute approximate surface area is 196 Å². The minimum atomic E-state index is -0.524. The van der Waals surface area contributed by atoms with Crippen LogP contribution in [0.4, 0.5) is 5.95 Å². The highest BCUT2D eigenvalue weighted by Crippen LogP contribution is 2.40. The third-order valence-corrected chi connectivity index (χ3v) is 6.31. The molecule has 6 rings (SSSR count). The summed E-state index contributed by atoms with van der Waals surface area (Å²) in [4.78, 5) is 23.8. The van der Waals surface area contributed by atoms with Crippen LogP contribution in [0.1, 0.15) is 31.0 Å². The number of imidazole rings is 1. The predicted molar refractivity (Wildman–Crippen MR) is 126 cm³/mol. The van der Waals surface area contributed by atoms with Gasteiger partial charge in [-0.25, -0.2) is 9.98 Å². The lowest BCUT2D eigenvalue weighted by Crippen LogP contribution is -2.33. The largest absolute Gasteiger partial charge is 0.489 e. The third kappa shape index (κ3) is 3.64. The summed E-state index contributed by atoms with van der Waals surface area (Å²) in [5.41, 5.74) is 8.49. The summed E-state index contributed by atoms with van der Waals surface area (Å²) in [5.74, 6) is 2.75. The maximum Gasteiger partial charge on any atom is 0.260 e. The van der Waals surface area contributed by atoms with E-state index < -0.39 is 6.17 Å². The standard InChI is InChI=1S/C24H26N6O4/c25-23-27-22(15-6-1-2-7-18(15)34-14-21(31)29-8-3-4-9-29)30-17-13-20-19(32-10-5-11-33-20)12-16(17)26-24(30)28-23/h1-2,6-7,12-13,22H,3-5,8-11,14H2,(H3,25,26,27,28). The molecule has 3 aliphatic rings. The fourth-order valence-corrected chi connectivity index (χ4v) is 4.66. The number of guanidine groups is 1. The van der Waals surface area contributed by atoms with Gasteiger partial charge in [-0.3, -0.25) is 14.7 Å². The zero-order valence-corrected chi connectivity index (χ0v) is 18.7. The number of carbonyl (C=O) groups excluding carboxylic acids is 1. The summed E-state index contributed by atoms with van der Waals surface area (Å²) in [5, 5.41) is 3.06. The Hall–Kier alpha value is -3.95. The Balaban J connectivity index is 1.38. The molecule has 3 aromatic rings. The van der Waals surface area contributed by atoms with E-state index in [1.807, 2.05) is 45.9 Å². The smallest absolute Gasteiger partial charge is 0.260 e. The van der Waals surface area contributed by atoms with Gasteiger partial charge in [-0.2, -0.15) is 0 Å². The number of anilines is 1. The highest BCUT2D eigenvalue weighted by molar-refractivity contribution is 5.95. The number of para-hydroxylation sites is 1. The van der Waals surface area contributed by atoms with Crippen LogP contribution in [0.3, 0.4) is 0 Å². The number of amides is 1. The van der Waals surface area contributed by atoms with Crippen LogP contribution in [-0.4, -0.2) is 59.2 Å². The molecule has 1 amide bonds. The minimum Gasteiger partial charge on any atom is -0.489 e. The molecule has 0 bridgehead atoms. The Bertz CT molecular complexity index is 1280. The fraction of sp³-hybridized carbons (Fsp3) is 0.375. The van der Waals surface area contributed by atoms with Crippen LogP contribution in [0.25, 0.3) is 11.0 Å². The van der Waals surface area contributed by atoms with Gasteiger partial charge in [0.1, 0.15) is 5.75 Å². The van der Waals surface area contributed by atoms with Crippen LogP contribution in [0, 0.1) is 0 Å². The van der Waals surface area contributed by atoms with Crippen LogP contribution in [0.2, 0.25) is 0 Å². The van der Waals surface area contributed by atoms with Crippen molar-refractivity contribution in [1.82, 2.24) is 14.5 Å². The summed E-state index contributed by atoms with van der Waals surface area (Å²) >= 11 is 0. The molecule has 1 atom stereocenters. The fourth-order valence-electron chi connectivity index (χ4n) is 4.66. The van der Waals surface area contributed by atoms with Crippen molar-refractivity contribution in [3.8, 4) is 17.2 Å². The summed E-state index contributed by atoms with van der Waals surface area (Å²) in [7, 11) is 0. The lowest BCUT2D eigenvalue weighted by molar-refractivity contribution is -0.132. The Morgan fingerprint density at radius 2 is 1.88 bits per heavy atom. The molecule has 0 aliphatic carbocycles. The van der Waals surface area contributed by atoms with Crippen molar-refractivity contribution < 1.29 is 19.0 Å². The maximum atomic E-state index is 12.6. The van der Waals surface area contributed by atoms with E-state index in [1.54, 1.807) is 0 Å². The van der Waals surface area contributed by atoms with Crippen molar-refractivity contribution in [3.63, 3.8) is 0 Å². The number of fused-ring (bicyclic) bond motifs is 4. The molecule has 1 fully saturated rings. The average Bonchev–Trinajstić information content (AvgIpc) is 3.44. The molecule has 10 nitrogen and oxygen atoms in total. The summed E-state index contributed by atoms with van der Waals surface area (Å²) in [6, 6.07) is 11.4. The van der Waals surface area contributed by atoms with Crippen LogP contribution < -0.4 is 25.3 Å². The summed E-state index contributed by atoms with van der Waals surface area (Å²) in [6.45, 7) is 2.76. The normalized spacial score (nSPS) is 19.2. The average molecular weight is 463 g/mol. The monoisotopic (exact) mass is 462 g/mol. The second kappa shape index (κ2) is 8.44. The number of hydrogen-bond acceptors (Lipinski definition) is 8. The first-order valence-electron chi connectivity index (χ1n) is 11.6. The second-order valence-electron chi connectivity index (χ2n) is 8.57. The molecular weight excluding hydrogens is 436 g/mol. The molecule has 3 aliphatic heterocycles. The highest BCUT2D eigenvalue weighted by atomic mass is 16.5. The molecule has 1 unspecified atom stereocenters. The summed E-state index contributed by atoms with van der Waals surface area (Å²) in [6.07, 6.45) is 2.38. The lowest BCUT2D eigenvalue weighted by Gasteiger charge is -2.25. The van der Waals surface area contributed by atoms with Crippen molar-refractivity contribution in [2.45, 2.75) is 25.4 Å². The van der Waals surface area contributed by atoms with E-state index in [0.717, 1.165) is 48.9 Å². The van der Waals surface area contributed by atoms with Crippen LogP contribution in [0.15, 0.2) is 41.4 Å². The molecule has 0 saturated carbocycles. The van der Waals surface area contributed by atoms with Crippen LogP contribution in [-0.2, 0) is 4.79 Å². The molecule has 0 spiro atoms. The number of ether oxygens (including phenoxy) is 3. The van der Waals surface area contributed by atoms with E-state index in [0.29, 0.717) is 36.4 Å². The number of nitrogens with two attached hydrogens (primary N) is 1. The van der Waals surface area contributed by atoms with E-state index in [4.69, 9.17) is 24.9 Å². The quantitative estimate of drug-likeness (QED) is 0.612. The molecule has 1 saturated heterocycles. The molecule has 1 aromatic heterocycles.